The molecule has 1 atom stereocenters. The maximum atomic E-state index is 3.52. The zero-order valence-corrected chi connectivity index (χ0v) is 12.1. The van der Waals surface area contributed by atoms with Crippen molar-refractivity contribution in [3.63, 3.8) is 0 Å². The summed E-state index contributed by atoms with van der Waals surface area (Å²) in [7, 11) is 0. The van der Waals surface area contributed by atoms with Crippen LogP contribution in [0.4, 0.5) is 0 Å². The molecule has 1 aliphatic heterocycles. The molecule has 2 aliphatic rings. The molecule has 1 aliphatic carbocycles. The second-order valence-electron chi connectivity index (χ2n) is 5.54. The number of rotatable bonds is 6. The van der Waals surface area contributed by atoms with Gasteiger partial charge in [0.1, 0.15) is 0 Å². The summed E-state index contributed by atoms with van der Waals surface area (Å²) in [5, 5.41) is 1.18. The molecule has 0 aromatic carbocycles. The summed E-state index contributed by atoms with van der Waals surface area (Å²) in [5.74, 6) is 1.05. The number of hydrogen-bond acceptors (Lipinski definition) is 1. The summed E-state index contributed by atoms with van der Waals surface area (Å²) >= 11 is 3.52. The lowest BCUT2D eigenvalue weighted by Gasteiger charge is -2.29. The van der Waals surface area contributed by atoms with Gasteiger partial charge in [-0.15, -0.1) is 0 Å². The van der Waals surface area contributed by atoms with Crippen molar-refractivity contribution >= 4 is 15.9 Å². The normalized spacial score (nSPS) is 27.9. The van der Waals surface area contributed by atoms with Gasteiger partial charge < -0.3 is 4.90 Å². The number of nitrogens with zero attached hydrogens (tertiary/aromatic N) is 1. The number of halogens is 1. The molecular weight excluding hydrogens is 262 g/mol. The summed E-state index contributed by atoms with van der Waals surface area (Å²) in [6, 6.07) is 0.964. The third-order valence-electron chi connectivity index (χ3n) is 4.44. The average molecular weight is 288 g/mol. The minimum Gasteiger partial charge on any atom is -0.300 e. The lowest BCUT2D eigenvalue weighted by molar-refractivity contribution is 0.187. The molecule has 2 fully saturated rings. The third kappa shape index (κ3) is 3.46. The number of unbranched alkanes of at least 4 members (excludes halogenated alkanes) is 2. The number of alkyl halides is 1. The molecular formula is C14H26BrN. The number of hydrogen-bond donors (Lipinski definition) is 0. The highest BCUT2D eigenvalue weighted by Crippen LogP contribution is 2.35. The van der Waals surface area contributed by atoms with E-state index in [1.165, 1.54) is 76.2 Å². The monoisotopic (exact) mass is 287 g/mol. The van der Waals surface area contributed by atoms with Gasteiger partial charge in [0.25, 0.3) is 0 Å². The Bertz CT molecular complexity index is 189. The molecule has 1 saturated carbocycles. The van der Waals surface area contributed by atoms with Crippen LogP contribution in [0.5, 0.6) is 0 Å². The Kier molecular flexibility index (Phi) is 5.64. The molecule has 0 radical (unpaired) electrons. The minimum absolute atomic E-state index is 0.964. The van der Waals surface area contributed by atoms with E-state index in [0.717, 1.165) is 12.0 Å². The van der Waals surface area contributed by atoms with Gasteiger partial charge in [0.05, 0.1) is 0 Å². The topological polar surface area (TPSA) is 3.24 Å². The van der Waals surface area contributed by atoms with Crippen LogP contribution in [0, 0.1) is 5.92 Å². The van der Waals surface area contributed by atoms with Gasteiger partial charge in [-0.05, 0) is 57.5 Å². The highest BCUT2D eigenvalue weighted by Gasteiger charge is 2.32. The fourth-order valence-corrected chi connectivity index (χ4v) is 3.99. The molecule has 0 bridgehead atoms. The van der Waals surface area contributed by atoms with Crippen LogP contribution >= 0.6 is 15.9 Å². The smallest absolute Gasteiger partial charge is 0.0124 e. The Labute approximate surface area is 109 Å². The predicted molar refractivity (Wildman–Crippen MR) is 74.2 cm³/mol. The Hall–Kier alpha value is 0.440. The zero-order chi connectivity index (χ0) is 11.2. The van der Waals surface area contributed by atoms with Crippen LogP contribution in [0.25, 0.3) is 0 Å². The van der Waals surface area contributed by atoms with Crippen LogP contribution in [-0.2, 0) is 0 Å². The summed E-state index contributed by atoms with van der Waals surface area (Å²) in [6.07, 6.45) is 13.1. The zero-order valence-electron chi connectivity index (χ0n) is 10.5. The fraction of sp³-hybridized carbons (Fsp3) is 1.00. The van der Waals surface area contributed by atoms with Gasteiger partial charge in [-0.2, -0.15) is 0 Å². The Morgan fingerprint density at radius 1 is 0.938 bits per heavy atom. The third-order valence-corrected chi connectivity index (χ3v) is 5.00. The van der Waals surface area contributed by atoms with Crippen molar-refractivity contribution in [3.8, 4) is 0 Å². The van der Waals surface area contributed by atoms with Crippen molar-refractivity contribution in [2.24, 2.45) is 5.92 Å². The first kappa shape index (κ1) is 12.9. The highest BCUT2D eigenvalue weighted by atomic mass is 79.9. The van der Waals surface area contributed by atoms with Gasteiger partial charge in [0.2, 0.25) is 0 Å². The lowest BCUT2D eigenvalue weighted by Crippen LogP contribution is -2.35. The molecule has 0 amide bonds. The van der Waals surface area contributed by atoms with Gasteiger partial charge in [-0.1, -0.05) is 35.2 Å². The maximum Gasteiger partial charge on any atom is 0.0124 e. The summed E-state index contributed by atoms with van der Waals surface area (Å²) in [6.45, 7) is 2.75. The van der Waals surface area contributed by atoms with Crippen molar-refractivity contribution in [1.82, 2.24) is 4.90 Å². The van der Waals surface area contributed by atoms with E-state index in [1.807, 2.05) is 0 Å². The van der Waals surface area contributed by atoms with Crippen LogP contribution in [0.2, 0.25) is 0 Å². The second kappa shape index (κ2) is 7.00. The molecule has 16 heavy (non-hydrogen) atoms. The average Bonchev–Trinajstić information content (AvgIpc) is 2.94. The maximum absolute atomic E-state index is 3.52. The van der Waals surface area contributed by atoms with Crippen LogP contribution in [0.15, 0.2) is 0 Å². The SMILES string of the molecule is BrCCCCCN1CCCC1C1CCCC1. The second-order valence-corrected chi connectivity index (χ2v) is 6.33. The lowest BCUT2D eigenvalue weighted by atomic mass is 9.96. The van der Waals surface area contributed by atoms with Gasteiger partial charge in [0.15, 0.2) is 0 Å². The van der Waals surface area contributed by atoms with Crippen molar-refractivity contribution < 1.29 is 0 Å². The van der Waals surface area contributed by atoms with Crippen LogP contribution < -0.4 is 0 Å². The molecule has 0 N–H and O–H groups in total. The quantitative estimate of drug-likeness (QED) is 0.523. The molecule has 1 unspecified atom stereocenters. The van der Waals surface area contributed by atoms with E-state index in [9.17, 15) is 0 Å². The summed E-state index contributed by atoms with van der Waals surface area (Å²) in [4.78, 5) is 2.81. The van der Waals surface area contributed by atoms with Crippen LogP contribution in [0.1, 0.15) is 57.8 Å². The minimum atomic E-state index is 0.964. The molecule has 1 saturated heterocycles. The van der Waals surface area contributed by atoms with Gasteiger partial charge in [-0.3, -0.25) is 0 Å². The van der Waals surface area contributed by atoms with E-state index in [0.29, 0.717) is 0 Å². The van der Waals surface area contributed by atoms with E-state index in [1.54, 1.807) is 0 Å². The molecule has 0 aromatic heterocycles. The largest absolute Gasteiger partial charge is 0.300 e. The van der Waals surface area contributed by atoms with Crippen LogP contribution in [-0.4, -0.2) is 29.4 Å². The molecule has 0 aromatic rings. The highest BCUT2D eigenvalue weighted by molar-refractivity contribution is 9.09. The molecule has 94 valence electrons. The fourth-order valence-electron chi connectivity index (χ4n) is 3.59. The van der Waals surface area contributed by atoms with E-state index >= 15 is 0 Å². The van der Waals surface area contributed by atoms with Crippen molar-refractivity contribution in [3.05, 3.63) is 0 Å². The van der Waals surface area contributed by atoms with Crippen LogP contribution in [0.3, 0.4) is 0 Å². The van der Waals surface area contributed by atoms with E-state index in [2.05, 4.69) is 20.8 Å². The van der Waals surface area contributed by atoms with Gasteiger partial charge in [0, 0.05) is 11.4 Å². The molecule has 0 spiro atoms. The molecule has 1 nitrogen and oxygen atoms in total. The molecule has 2 heteroatoms. The summed E-state index contributed by atoms with van der Waals surface area (Å²) < 4.78 is 0. The predicted octanol–water partition coefficient (Wildman–Crippen LogP) is 4.21. The summed E-state index contributed by atoms with van der Waals surface area (Å²) in [5.41, 5.74) is 0. The molecule has 2 rings (SSSR count). The first-order chi connectivity index (χ1) is 7.92. The standard InChI is InChI=1S/C14H26BrN/c15-10-4-1-5-11-16-12-6-9-14(16)13-7-2-3-8-13/h13-14H,1-12H2. The van der Waals surface area contributed by atoms with Gasteiger partial charge in [-0.25, -0.2) is 0 Å². The van der Waals surface area contributed by atoms with Crippen molar-refractivity contribution in [2.45, 2.75) is 63.8 Å². The first-order valence-corrected chi connectivity index (χ1v) is 8.34. The van der Waals surface area contributed by atoms with Gasteiger partial charge >= 0.3 is 0 Å². The van der Waals surface area contributed by atoms with E-state index in [4.69, 9.17) is 0 Å². The first-order valence-electron chi connectivity index (χ1n) is 7.22. The number of likely N-dealkylation sites (tertiary alicyclic amines) is 1. The Morgan fingerprint density at radius 3 is 2.50 bits per heavy atom. The molecule has 1 heterocycles. The Morgan fingerprint density at radius 2 is 1.75 bits per heavy atom. The van der Waals surface area contributed by atoms with E-state index < -0.39 is 0 Å². The van der Waals surface area contributed by atoms with Crippen molar-refractivity contribution in [2.75, 3.05) is 18.4 Å². The van der Waals surface area contributed by atoms with Crippen molar-refractivity contribution in [1.29, 1.82) is 0 Å². The van der Waals surface area contributed by atoms with E-state index in [-0.39, 0.29) is 0 Å². The Balaban J connectivity index is 1.70.